The second kappa shape index (κ2) is 5.08. The Kier molecular flexibility index (Phi) is 3.28. The molecule has 1 heterocycles. The highest BCUT2D eigenvalue weighted by molar-refractivity contribution is 5.85. The highest BCUT2D eigenvalue weighted by Gasteiger charge is 2.21. The summed E-state index contributed by atoms with van der Waals surface area (Å²) in [6.45, 7) is 3.42. The van der Waals surface area contributed by atoms with Crippen LogP contribution in [0.2, 0.25) is 0 Å². The van der Waals surface area contributed by atoms with E-state index in [9.17, 15) is 4.79 Å². The van der Waals surface area contributed by atoms with Crippen LogP contribution in [-0.2, 0) is 17.8 Å². The van der Waals surface area contributed by atoms with Crippen LogP contribution in [-0.4, -0.2) is 17.0 Å². The van der Waals surface area contributed by atoms with Crippen LogP contribution >= 0.6 is 0 Å². The lowest BCUT2D eigenvalue weighted by Gasteiger charge is -2.09. The van der Waals surface area contributed by atoms with E-state index in [-0.39, 0.29) is 5.91 Å². The molecule has 100 valence electrons. The third kappa shape index (κ3) is 2.65. The lowest BCUT2D eigenvalue weighted by atomic mass is 10.1. The number of fused-ring (bicyclic) bond motifs is 1. The summed E-state index contributed by atoms with van der Waals surface area (Å²) in [6, 6.07) is 8.41. The molecule has 0 bridgehead atoms. The predicted octanol–water partition coefficient (Wildman–Crippen LogP) is 2.73. The molecule has 0 aliphatic heterocycles. The zero-order valence-electron chi connectivity index (χ0n) is 11.4. The summed E-state index contributed by atoms with van der Waals surface area (Å²) in [5.74, 6) is 0.854. The van der Waals surface area contributed by atoms with Gasteiger partial charge in [-0.05, 0) is 42.2 Å². The molecule has 3 nitrogen and oxygen atoms in total. The zero-order valence-corrected chi connectivity index (χ0v) is 11.4. The number of hydrogen-bond acceptors (Lipinski definition) is 1. The summed E-state index contributed by atoms with van der Waals surface area (Å²) in [4.78, 5) is 12.0. The molecule has 0 saturated heterocycles. The van der Waals surface area contributed by atoms with Crippen molar-refractivity contribution < 1.29 is 4.79 Å². The van der Waals surface area contributed by atoms with Crippen molar-refractivity contribution in [3.05, 3.63) is 36.0 Å². The molecule has 0 radical (unpaired) electrons. The number of amides is 1. The van der Waals surface area contributed by atoms with E-state index in [1.54, 1.807) is 0 Å². The van der Waals surface area contributed by atoms with Gasteiger partial charge in [-0.15, -0.1) is 0 Å². The molecule has 1 aliphatic carbocycles. The average Bonchev–Trinajstić information content (AvgIpc) is 3.18. The summed E-state index contributed by atoms with van der Waals surface area (Å²) >= 11 is 0. The van der Waals surface area contributed by atoms with Gasteiger partial charge in [0.15, 0.2) is 0 Å². The van der Waals surface area contributed by atoms with Crippen LogP contribution in [0.3, 0.4) is 0 Å². The van der Waals surface area contributed by atoms with Crippen molar-refractivity contribution in [3.8, 4) is 0 Å². The van der Waals surface area contributed by atoms with E-state index in [0.29, 0.717) is 6.54 Å². The highest BCUT2D eigenvalue weighted by atomic mass is 16.1. The van der Waals surface area contributed by atoms with Crippen molar-refractivity contribution in [3.63, 3.8) is 0 Å². The molecule has 3 heteroatoms. The van der Waals surface area contributed by atoms with Crippen LogP contribution in [0.15, 0.2) is 30.5 Å². The summed E-state index contributed by atoms with van der Waals surface area (Å²) in [6.07, 6.45) is 5.55. The highest BCUT2D eigenvalue weighted by Crippen LogP contribution is 2.27. The molecule has 1 aromatic heterocycles. The van der Waals surface area contributed by atoms with Gasteiger partial charge in [-0.2, -0.15) is 0 Å². The Morgan fingerprint density at radius 2 is 2.21 bits per heavy atom. The minimum absolute atomic E-state index is 0.121. The number of rotatable bonds is 5. The van der Waals surface area contributed by atoms with Gasteiger partial charge in [0.1, 0.15) is 6.54 Å². The first-order chi connectivity index (χ1) is 9.28. The van der Waals surface area contributed by atoms with E-state index in [4.69, 9.17) is 0 Å². The third-order valence-corrected chi connectivity index (χ3v) is 3.85. The van der Waals surface area contributed by atoms with Crippen LogP contribution < -0.4 is 5.32 Å². The molecule has 0 spiro atoms. The first-order valence-corrected chi connectivity index (χ1v) is 7.11. The Morgan fingerprint density at radius 1 is 1.37 bits per heavy atom. The molecular weight excluding hydrogens is 236 g/mol. The normalized spacial score (nSPS) is 14.8. The van der Waals surface area contributed by atoms with Gasteiger partial charge in [-0.25, -0.2) is 0 Å². The van der Waals surface area contributed by atoms with Gasteiger partial charge < -0.3 is 9.88 Å². The van der Waals surface area contributed by atoms with Gasteiger partial charge in [0, 0.05) is 12.7 Å². The minimum Gasteiger partial charge on any atom is -0.354 e. The fraction of sp³-hybridized carbons (Fsp3) is 0.438. The Labute approximate surface area is 113 Å². The number of hydrogen-bond donors (Lipinski definition) is 1. The van der Waals surface area contributed by atoms with Gasteiger partial charge in [-0.3, -0.25) is 4.79 Å². The van der Waals surface area contributed by atoms with Crippen molar-refractivity contribution >= 4 is 16.8 Å². The van der Waals surface area contributed by atoms with Gasteiger partial charge in [0.05, 0.1) is 5.52 Å². The third-order valence-electron chi connectivity index (χ3n) is 3.85. The van der Waals surface area contributed by atoms with E-state index >= 15 is 0 Å². The quantitative estimate of drug-likeness (QED) is 0.877. The largest absolute Gasteiger partial charge is 0.354 e. The number of benzene rings is 1. The molecule has 1 aromatic carbocycles. The molecule has 0 unspecified atom stereocenters. The van der Waals surface area contributed by atoms with E-state index in [1.165, 1.54) is 29.3 Å². The molecule has 2 aromatic rings. The number of aromatic nitrogens is 1. The minimum atomic E-state index is 0.121. The number of nitrogens with one attached hydrogen (secondary N) is 1. The number of carbonyl (C=O) groups excluding carboxylic acids is 1. The molecule has 3 rings (SSSR count). The monoisotopic (exact) mass is 256 g/mol. The second-order valence-corrected chi connectivity index (χ2v) is 5.40. The second-order valence-electron chi connectivity index (χ2n) is 5.40. The zero-order chi connectivity index (χ0) is 13.2. The Morgan fingerprint density at radius 3 is 2.95 bits per heavy atom. The maximum absolute atomic E-state index is 12.0. The van der Waals surface area contributed by atoms with Crippen molar-refractivity contribution in [1.29, 1.82) is 0 Å². The topological polar surface area (TPSA) is 34.0 Å². The van der Waals surface area contributed by atoms with Crippen molar-refractivity contribution in [2.45, 2.75) is 32.7 Å². The van der Waals surface area contributed by atoms with E-state index in [0.717, 1.165) is 18.9 Å². The predicted molar refractivity (Wildman–Crippen MR) is 77.0 cm³/mol. The number of nitrogens with zero attached hydrogens (tertiary/aromatic N) is 1. The Balaban J connectivity index is 1.77. The Hall–Kier alpha value is -1.77. The maximum atomic E-state index is 12.0. The average molecular weight is 256 g/mol. The molecule has 1 fully saturated rings. The van der Waals surface area contributed by atoms with Crippen LogP contribution in [0.25, 0.3) is 10.9 Å². The first-order valence-electron chi connectivity index (χ1n) is 7.11. The van der Waals surface area contributed by atoms with Crippen molar-refractivity contribution in [1.82, 2.24) is 9.88 Å². The van der Waals surface area contributed by atoms with E-state index in [1.807, 2.05) is 6.20 Å². The molecule has 19 heavy (non-hydrogen) atoms. The first kappa shape index (κ1) is 12.3. The molecule has 1 N–H and O–H groups in total. The molecule has 0 atom stereocenters. The van der Waals surface area contributed by atoms with Crippen molar-refractivity contribution in [2.24, 2.45) is 5.92 Å². The smallest absolute Gasteiger partial charge is 0.239 e. The maximum Gasteiger partial charge on any atom is 0.239 e. The summed E-state index contributed by atoms with van der Waals surface area (Å²) in [5, 5.41) is 4.24. The summed E-state index contributed by atoms with van der Waals surface area (Å²) in [5.41, 5.74) is 2.50. The summed E-state index contributed by atoms with van der Waals surface area (Å²) < 4.78 is 2.07. The van der Waals surface area contributed by atoms with Crippen LogP contribution in [0.1, 0.15) is 25.3 Å². The number of para-hydroxylation sites is 1. The van der Waals surface area contributed by atoms with Crippen LogP contribution in [0.4, 0.5) is 0 Å². The molecule has 1 aliphatic rings. The van der Waals surface area contributed by atoms with Gasteiger partial charge in [-0.1, -0.05) is 25.1 Å². The van der Waals surface area contributed by atoms with Gasteiger partial charge >= 0.3 is 0 Å². The fourth-order valence-corrected chi connectivity index (χ4v) is 2.55. The van der Waals surface area contributed by atoms with Gasteiger partial charge in [0.2, 0.25) is 5.91 Å². The lowest BCUT2D eigenvalue weighted by molar-refractivity contribution is -0.121. The number of carbonyl (C=O) groups is 1. The molecule has 1 amide bonds. The molecular formula is C16H20N2O. The SMILES string of the molecule is CCc1cccc2ccn(CC(=O)NCC3CC3)c12. The Bertz CT molecular complexity index is 596. The lowest BCUT2D eigenvalue weighted by Crippen LogP contribution is -2.29. The van der Waals surface area contributed by atoms with E-state index < -0.39 is 0 Å². The van der Waals surface area contributed by atoms with Crippen LogP contribution in [0, 0.1) is 5.92 Å². The van der Waals surface area contributed by atoms with Crippen molar-refractivity contribution in [2.75, 3.05) is 6.54 Å². The van der Waals surface area contributed by atoms with Crippen LogP contribution in [0.5, 0.6) is 0 Å². The number of aryl methyl sites for hydroxylation is 1. The fourth-order valence-electron chi connectivity index (χ4n) is 2.55. The van der Waals surface area contributed by atoms with E-state index in [2.05, 4.69) is 41.1 Å². The molecule has 1 saturated carbocycles. The summed E-state index contributed by atoms with van der Waals surface area (Å²) in [7, 11) is 0. The standard InChI is InChI=1S/C16H20N2O/c1-2-13-4-3-5-14-8-9-18(16(13)14)11-15(19)17-10-12-6-7-12/h3-5,8-9,12H,2,6-7,10-11H2,1H3,(H,17,19). The van der Waals surface area contributed by atoms with Gasteiger partial charge in [0.25, 0.3) is 0 Å².